The zero-order valence-electron chi connectivity index (χ0n) is 13.0. The fraction of sp³-hybridized carbons (Fsp3) is 0.867. The average Bonchev–Trinajstić information content (AvgIpc) is 3.14. The van der Waals surface area contributed by atoms with Gasteiger partial charge in [-0.05, 0) is 32.1 Å². The highest BCUT2D eigenvalue weighted by molar-refractivity contribution is 5.80. The van der Waals surface area contributed by atoms with Crippen molar-refractivity contribution in [2.75, 3.05) is 33.7 Å². The molecular weight excluding hydrogens is 270 g/mol. The molecule has 3 heterocycles. The van der Waals surface area contributed by atoms with Gasteiger partial charge < -0.3 is 19.4 Å². The molecule has 0 N–H and O–H groups in total. The summed E-state index contributed by atoms with van der Waals surface area (Å²) in [5, 5.41) is 0. The first-order valence-corrected chi connectivity index (χ1v) is 8.00. The zero-order chi connectivity index (χ0) is 15.0. The van der Waals surface area contributed by atoms with Gasteiger partial charge in [-0.2, -0.15) is 0 Å². The van der Waals surface area contributed by atoms with Crippen molar-refractivity contribution in [3.63, 3.8) is 0 Å². The van der Waals surface area contributed by atoms with E-state index in [1.54, 1.807) is 19.0 Å². The number of likely N-dealkylation sites (N-methyl/N-ethyl adjacent to an activating group) is 1. The Morgan fingerprint density at radius 3 is 2.43 bits per heavy atom. The average molecular weight is 295 g/mol. The van der Waals surface area contributed by atoms with Gasteiger partial charge in [-0.3, -0.25) is 4.79 Å². The van der Waals surface area contributed by atoms with Gasteiger partial charge in [-0.25, -0.2) is 4.79 Å². The lowest BCUT2D eigenvalue weighted by molar-refractivity contribution is -0.151. The number of hydrogen-bond donors (Lipinski definition) is 0. The summed E-state index contributed by atoms with van der Waals surface area (Å²) in [5.41, 5.74) is 0. The Labute approximate surface area is 126 Å². The van der Waals surface area contributed by atoms with Crippen LogP contribution >= 0.6 is 0 Å². The van der Waals surface area contributed by atoms with Crippen LogP contribution in [0.5, 0.6) is 0 Å². The molecule has 3 aliphatic rings. The number of ether oxygens (including phenoxy) is 1. The molecule has 3 fully saturated rings. The van der Waals surface area contributed by atoms with E-state index in [2.05, 4.69) is 0 Å². The molecule has 0 saturated carbocycles. The van der Waals surface area contributed by atoms with Crippen LogP contribution in [0.4, 0.5) is 4.79 Å². The van der Waals surface area contributed by atoms with E-state index >= 15 is 0 Å². The summed E-state index contributed by atoms with van der Waals surface area (Å²) in [6.45, 7) is 2.53. The number of carbonyl (C=O) groups is 2. The Bertz CT molecular complexity index is 420. The van der Waals surface area contributed by atoms with Crippen molar-refractivity contribution < 1.29 is 14.3 Å². The first-order valence-electron chi connectivity index (χ1n) is 8.00. The number of fused-ring (bicyclic) bond motifs is 1. The van der Waals surface area contributed by atoms with E-state index in [-0.39, 0.29) is 30.2 Å². The van der Waals surface area contributed by atoms with E-state index in [1.165, 1.54) is 0 Å². The zero-order valence-corrected chi connectivity index (χ0v) is 13.0. The Morgan fingerprint density at radius 1 is 1.05 bits per heavy atom. The minimum absolute atomic E-state index is 0.0270. The predicted octanol–water partition coefficient (Wildman–Crippen LogP) is 0.912. The molecule has 6 heteroatoms. The molecule has 118 valence electrons. The smallest absolute Gasteiger partial charge is 0.320 e. The minimum atomic E-state index is -0.330. The first kappa shape index (κ1) is 14.6. The lowest BCUT2D eigenvalue weighted by Gasteiger charge is -2.37. The molecule has 3 amide bonds. The molecule has 0 unspecified atom stereocenters. The summed E-state index contributed by atoms with van der Waals surface area (Å²) in [5.74, 6) is 0.0396. The van der Waals surface area contributed by atoms with Gasteiger partial charge in [0.25, 0.3) is 5.91 Å². The van der Waals surface area contributed by atoms with Gasteiger partial charge in [0.15, 0.2) is 0 Å². The highest BCUT2D eigenvalue weighted by Crippen LogP contribution is 2.33. The molecule has 3 saturated heterocycles. The molecule has 0 spiro atoms. The second-order valence-corrected chi connectivity index (χ2v) is 6.50. The van der Waals surface area contributed by atoms with Crippen molar-refractivity contribution in [2.45, 2.75) is 50.4 Å². The third kappa shape index (κ3) is 2.73. The third-order valence-electron chi connectivity index (χ3n) is 4.89. The van der Waals surface area contributed by atoms with Crippen LogP contribution in [0.3, 0.4) is 0 Å². The third-order valence-corrected chi connectivity index (χ3v) is 4.89. The Morgan fingerprint density at radius 2 is 1.76 bits per heavy atom. The van der Waals surface area contributed by atoms with Crippen LogP contribution in [0, 0.1) is 0 Å². The lowest BCUT2D eigenvalue weighted by atomic mass is 9.98. The topological polar surface area (TPSA) is 53.1 Å². The quantitative estimate of drug-likeness (QED) is 0.722. The van der Waals surface area contributed by atoms with E-state index < -0.39 is 0 Å². The molecular formula is C15H25N3O3. The second-order valence-electron chi connectivity index (χ2n) is 6.50. The van der Waals surface area contributed by atoms with Crippen molar-refractivity contribution in [3.05, 3.63) is 0 Å². The van der Waals surface area contributed by atoms with Gasteiger partial charge in [0.05, 0.1) is 12.1 Å². The van der Waals surface area contributed by atoms with Gasteiger partial charge in [0, 0.05) is 33.7 Å². The molecule has 0 radical (unpaired) electrons. The molecule has 3 atom stereocenters. The van der Waals surface area contributed by atoms with Gasteiger partial charge in [-0.15, -0.1) is 0 Å². The molecule has 3 aliphatic heterocycles. The maximum absolute atomic E-state index is 12.5. The molecule has 3 rings (SSSR count). The van der Waals surface area contributed by atoms with Crippen LogP contribution in [0.15, 0.2) is 0 Å². The molecule has 0 aromatic carbocycles. The monoisotopic (exact) mass is 295 g/mol. The number of rotatable bonds is 1. The fourth-order valence-electron chi connectivity index (χ4n) is 3.72. The molecule has 0 aromatic heterocycles. The van der Waals surface area contributed by atoms with Crippen LogP contribution in [0.25, 0.3) is 0 Å². The van der Waals surface area contributed by atoms with Gasteiger partial charge in [0.1, 0.15) is 6.10 Å². The molecule has 0 aromatic rings. The van der Waals surface area contributed by atoms with E-state index in [4.69, 9.17) is 4.74 Å². The van der Waals surface area contributed by atoms with Crippen LogP contribution < -0.4 is 0 Å². The number of amides is 3. The lowest BCUT2D eigenvalue weighted by Crippen LogP contribution is -2.51. The summed E-state index contributed by atoms with van der Waals surface area (Å²) >= 11 is 0. The number of carbonyl (C=O) groups excluding carboxylic acids is 2. The summed E-state index contributed by atoms with van der Waals surface area (Å²) in [6, 6.07) is 0.324. The first-order chi connectivity index (χ1) is 10.1. The van der Waals surface area contributed by atoms with E-state index in [0.717, 1.165) is 45.3 Å². The van der Waals surface area contributed by atoms with Gasteiger partial charge in [0.2, 0.25) is 0 Å². The highest BCUT2D eigenvalue weighted by atomic mass is 16.5. The van der Waals surface area contributed by atoms with Crippen molar-refractivity contribution in [2.24, 2.45) is 0 Å². The van der Waals surface area contributed by atoms with E-state index in [9.17, 15) is 9.59 Å². The van der Waals surface area contributed by atoms with Crippen molar-refractivity contribution in [1.82, 2.24) is 14.7 Å². The standard InChI is InChI=1S/C15H25N3O3/c1-16(2)14(19)13-6-5-11-12(21-13)7-10-18(11)15(20)17-8-3-4-9-17/h11-13H,3-10H2,1-2H3/t11-,12-,13-/m1/s1. The van der Waals surface area contributed by atoms with Gasteiger partial charge in [-0.1, -0.05) is 0 Å². The maximum atomic E-state index is 12.5. The number of urea groups is 1. The van der Waals surface area contributed by atoms with Crippen LogP contribution in [-0.4, -0.2) is 78.6 Å². The number of hydrogen-bond acceptors (Lipinski definition) is 3. The second kappa shape index (κ2) is 5.83. The maximum Gasteiger partial charge on any atom is 0.320 e. The summed E-state index contributed by atoms with van der Waals surface area (Å²) in [7, 11) is 3.52. The van der Waals surface area contributed by atoms with Crippen LogP contribution in [0.1, 0.15) is 32.1 Å². The fourth-order valence-corrected chi connectivity index (χ4v) is 3.72. The Balaban J connectivity index is 1.61. The summed E-state index contributed by atoms with van der Waals surface area (Å²) < 4.78 is 5.97. The van der Waals surface area contributed by atoms with E-state index in [0.29, 0.717) is 6.42 Å². The molecule has 6 nitrogen and oxygen atoms in total. The SMILES string of the molecule is CN(C)C(=O)[C@H]1CC[C@@H]2[C@@H](CCN2C(=O)N2CCCC2)O1. The summed E-state index contributed by atoms with van der Waals surface area (Å²) in [6.07, 6.45) is 4.35. The van der Waals surface area contributed by atoms with Crippen LogP contribution in [0.2, 0.25) is 0 Å². The molecule has 0 aliphatic carbocycles. The molecule has 0 bridgehead atoms. The van der Waals surface area contributed by atoms with Crippen molar-refractivity contribution in [3.8, 4) is 0 Å². The summed E-state index contributed by atoms with van der Waals surface area (Å²) in [4.78, 5) is 30.1. The van der Waals surface area contributed by atoms with Crippen molar-refractivity contribution in [1.29, 1.82) is 0 Å². The van der Waals surface area contributed by atoms with Crippen LogP contribution in [-0.2, 0) is 9.53 Å². The Kier molecular flexibility index (Phi) is 4.06. The number of likely N-dealkylation sites (tertiary alicyclic amines) is 2. The minimum Gasteiger partial charge on any atom is -0.363 e. The van der Waals surface area contributed by atoms with E-state index in [1.807, 2.05) is 9.80 Å². The molecule has 21 heavy (non-hydrogen) atoms. The predicted molar refractivity (Wildman–Crippen MR) is 77.9 cm³/mol. The Hall–Kier alpha value is -1.30. The highest BCUT2D eigenvalue weighted by Gasteiger charge is 2.44. The van der Waals surface area contributed by atoms with Crippen molar-refractivity contribution >= 4 is 11.9 Å². The number of nitrogens with zero attached hydrogens (tertiary/aromatic N) is 3. The van der Waals surface area contributed by atoms with Gasteiger partial charge >= 0.3 is 6.03 Å². The largest absolute Gasteiger partial charge is 0.363 e. The normalized spacial score (nSPS) is 32.2.